The number of rotatable bonds is 4. The summed E-state index contributed by atoms with van der Waals surface area (Å²) in [6.07, 6.45) is 1.51. The molecule has 4 nitrogen and oxygen atoms in total. The van der Waals surface area contributed by atoms with Crippen LogP contribution in [-0.4, -0.2) is 18.2 Å². The molecule has 0 bridgehead atoms. The summed E-state index contributed by atoms with van der Waals surface area (Å²) >= 11 is 0. The van der Waals surface area contributed by atoms with Gasteiger partial charge >= 0.3 is 6.09 Å². The van der Waals surface area contributed by atoms with Gasteiger partial charge in [-0.2, -0.15) is 0 Å². The molecule has 0 heterocycles. The van der Waals surface area contributed by atoms with E-state index in [-0.39, 0.29) is 24.0 Å². The van der Waals surface area contributed by atoms with Gasteiger partial charge < -0.3 is 15.8 Å². The molecular weight excluding hydrogens is 240 g/mol. The van der Waals surface area contributed by atoms with Crippen molar-refractivity contribution in [3.63, 3.8) is 0 Å². The lowest BCUT2D eigenvalue weighted by molar-refractivity contribution is 0.134. The summed E-state index contributed by atoms with van der Waals surface area (Å²) in [7, 11) is 0. The Bertz CT molecular complexity index is 366. The molecule has 0 aromatic heterocycles. The van der Waals surface area contributed by atoms with Crippen molar-refractivity contribution in [2.75, 3.05) is 6.54 Å². The molecule has 2 rings (SSSR count). The van der Waals surface area contributed by atoms with Crippen molar-refractivity contribution in [3.05, 3.63) is 35.9 Å². The van der Waals surface area contributed by atoms with Gasteiger partial charge in [0, 0.05) is 6.54 Å². The number of hydrogen-bond donors (Lipinski definition) is 2. The van der Waals surface area contributed by atoms with E-state index in [4.69, 9.17) is 10.5 Å². The van der Waals surface area contributed by atoms with Crippen molar-refractivity contribution < 1.29 is 9.53 Å². The number of carbonyl (C=O) groups is 1. The minimum atomic E-state index is -0.383. The largest absolute Gasteiger partial charge is 0.445 e. The third kappa shape index (κ3) is 3.91. The molecule has 1 aromatic carbocycles. The van der Waals surface area contributed by atoms with Crippen molar-refractivity contribution in [3.8, 4) is 0 Å². The summed E-state index contributed by atoms with van der Waals surface area (Å²) in [5.74, 6) is 0. The zero-order chi connectivity index (χ0) is 11.4. The monoisotopic (exact) mass is 256 g/mol. The lowest BCUT2D eigenvalue weighted by Gasteiger charge is -2.14. The second-order valence-electron chi connectivity index (χ2n) is 4.17. The van der Waals surface area contributed by atoms with E-state index in [1.165, 1.54) is 0 Å². The summed E-state index contributed by atoms with van der Waals surface area (Å²) < 4.78 is 5.10. The van der Waals surface area contributed by atoms with Crippen LogP contribution in [0.5, 0.6) is 0 Å². The zero-order valence-electron chi connectivity index (χ0n) is 9.52. The third-order valence-corrected chi connectivity index (χ3v) is 2.82. The van der Waals surface area contributed by atoms with Crippen LogP contribution >= 0.6 is 12.4 Å². The number of ether oxygens (including phenoxy) is 1. The Kier molecular flexibility index (Phi) is 4.78. The number of carbonyl (C=O) groups excluding carboxylic acids is 1. The van der Waals surface area contributed by atoms with Crippen LogP contribution in [-0.2, 0) is 11.3 Å². The highest BCUT2D eigenvalue weighted by molar-refractivity contribution is 5.85. The van der Waals surface area contributed by atoms with Crippen LogP contribution in [0.15, 0.2) is 30.3 Å². The van der Waals surface area contributed by atoms with E-state index in [2.05, 4.69) is 5.32 Å². The van der Waals surface area contributed by atoms with Crippen LogP contribution in [0.25, 0.3) is 0 Å². The first-order valence-corrected chi connectivity index (χ1v) is 5.43. The van der Waals surface area contributed by atoms with Gasteiger partial charge in [-0.05, 0) is 18.4 Å². The highest BCUT2D eigenvalue weighted by Crippen LogP contribution is 2.33. The summed E-state index contributed by atoms with van der Waals surface area (Å²) in [6.45, 7) is 0.779. The van der Waals surface area contributed by atoms with Gasteiger partial charge in [0.25, 0.3) is 0 Å². The molecular formula is C12H17ClN2O2. The molecule has 0 spiro atoms. The summed E-state index contributed by atoms with van der Waals surface area (Å²) in [6, 6.07) is 9.60. The average Bonchev–Trinajstić information content (AvgIpc) is 3.08. The van der Waals surface area contributed by atoms with Crippen molar-refractivity contribution in [2.45, 2.75) is 25.0 Å². The fourth-order valence-corrected chi connectivity index (χ4v) is 1.51. The first-order valence-electron chi connectivity index (χ1n) is 5.43. The van der Waals surface area contributed by atoms with Crippen molar-refractivity contribution in [1.82, 2.24) is 5.32 Å². The fraction of sp³-hybridized carbons (Fsp3) is 0.417. The smallest absolute Gasteiger partial charge is 0.407 e. The maximum Gasteiger partial charge on any atom is 0.407 e. The predicted octanol–water partition coefficient (Wildman–Crippen LogP) is 1.83. The number of amides is 1. The number of benzene rings is 1. The summed E-state index contributed by atoms with van der Waals surface area (Å²) in [5.41, 5.74) is 6.35. The van der Waals surface area contributed by atoms with Gasteiger partial charge in [-0.15, -0.1) is 12.4 Å². The van der Waals surface area contributed by atoms with Crippen LogP contribution in [0, 0.1) is 0 Å². The molecule has 17 heavy (non-hydrogen) atoms. The van der Waals surface area contributed by atoms with E-state index < -0.39 is 0 Å². The quantitative estimate of drug-likeness (QED) is 0.864. The Balaban J connectivity index is 0.00000144. The van der Waals surface area contributed by atoms with Gasteiger partial charge in [0.15, 0.2) is 0 Å². The number of nitrogens with one attached hydrogen (secondary N) is 1. The van der Waals surface area contributed by atoms with E-state index in [0.717, 1.165) is 18.4 Å². The van der Waals surface area contributed by atoms with Crippen molar-refractivity contribution in [1.29, 1.82) is 0 Å². The molecule has 0 saturated heterocycles. The van der Waals surface area contributed by atoms with Crippen LogP contribution in [0.2, 0.25) is 0 Å². The van der Waals surface area contributed by atoms with Gasteiger partial charge in [-0.25, -0.2) is 4.79 Å². The maximum atomic E-state index is 11.4. The number of nitrogens with two attached hydrogens (primary N) is 1. The molecule has 5 heteroatoms. The van der Waals surface area contributed by atoms with E-state index in [1.54, 1.807) is 0 Å². The molecule has 0 aliphatic heterocycles. The van der Waals surface area contributed by atoms with Gasteiger partial charge in [-0.3, -0.25) is 0 Å². The Hall–Kier alpha value is -1.26. The van der Waals surface area contributed by atoms with E-state index in [0.29, 0.717) is 13.2 Å². The molecule has 1 aliphatic rings. The lowest BCUT2D eigenvalue weighted by atomic mass is 10.2. The first kappa shape index (κ1) is 13.8. The third-order valence-electron chi connectivity index (χ3n) is 2.82. The summed E-state index contributed by atoms with van der Waals surface area (Å²) in [5, 5.41) is 2.80. The highest BCUT2D eigenvalue weighted by atomic mass is 35.5. The van der Waals surface area contributed by atoms with Crippen LogP contribution in [0.3, 0.4) is 0 Å². The van der Waals surface area contributed by atoms with Gasteiger partial charge in [-0.1, -0.05) is 30.3 Å². The number of hydrogen-bond acceptors (Lipinski definition) is 3. The molecule has 94 valence electrons. The Morgan fingerprint density at radius 2 is 2.00 bits per heavy atom. The van der Waals surface area contributed by atoms with Crippen LogP contribution < -0.4 is 11.1 Å². The molecule has 1 fully saturated rings. The molecule has 1 amide bonds. The van der Waals surface area contributed by atoms with E-state index in [9.17, 15) is 4.79 Å². The van der Waals surface area contributed by atoms with Crippen LogP contribution in [0.4, 0.5) is 4.79 Å². The number of alkyl carbamates (subject to hydrolysis) is 1. The fourth-order valence-electron chi connectivity index (χ4n) is 1.51. The second kappa shape index (κ2) is 5.89. The van der Waals surface area contributed by atoms with Crippen LogP contribution in [0.1, 0.15) is 18.4 Å². The van der Waals surface area contributed by atoms with Gasteiger partial charge in [0.05, 0.1) is 5.54 Å². The standard InChI is InChI=1S/C12H16N2O2.ClH/c13-9-12(6-7-12)14-11(15)16-8-10-4-2-1-3-5-10;/h1-5H,6-9,13H2,(H,14,15);1H. The second-order valence-corrected chi connectivity index (χ2v) is 4.17. The molecule has 1 aromatic rings. The topological polar surface area (TPSA) is 64.3 Å². The molecule has 0 atom stereocenters. The van der Waals surface area contributed by atoms with Crippen molar-refractivity contribution >= 4 is 18.5 Å². The predicted molar refractivity (Wildman–Crippen MR) is 68.0 cm³/mol. The van der Waals surface area contributed by atoms with Gasteiger partial charge in [0.1, 0.15) is 6.61 Å². The lowest BCUT2D eigenvalue weighted by Crippen LogP contribution is -2.42. The molecule has 1 saturated carbocycles. The van der Waals surface area contributed by atoms with E-state index in [1.807, 2.05) is 30.3 Å². The molecule has 1 aliphatic carbocycles. The SMILES string of the molecule is Cl.NCC1(NC(=O)OCc2ccccc2)CC1. The first-order chi connectivity index (χ1) is 7.74. The normalized spacial score (nSPS) is 15.6. The maximum absolute atomic E-state index is 11.4. The number of halogens is 1. The molecule has 0 unspecified atom stereocenters. The highest BCUT2D eigenvalue weighted by Gasteiger charge is 2.43. The van der Waals surface area contributed by atoms with Gasteiger partial charge in [0.2, 0.25) is 0 Å². The average molecular weight is 257 g/mol. The molecule has 0 radical (unpaired) electrons. The summed E-state index contributed by atoms with van der Waals surface area (Å²) in [4.78, 5) is 11.4. The zero-order valence-corrected chi connectivity index (χ0v) is 10.3. The Morgan fingerprint density at radius 1 is 1.35 bits per heavy atom. The minimum Gasteiger partial charge on any atom is -0.445 e. The Morgan fingerprint density at radius 3 is 2.53 bits per heavy atom. The van der Waals surface area contributed by atoms with Crippen molar-refractivity contribution in [2.24, 2.45) is 5.73 Å². The molecule has 3 N–H and O–H groups in total. The minimum absolute atomic E-state index is 0. The van der Waals surface area contributed by atoms with E-state index >= 15 is 0 Å². The Labute approximate surface area is 107 Å².